The summed E-state index contributed by atoms with van der Waals surface area (Å²) >= 11 is 0. The van der Waals surface area contributed by atoms with Crippen LogP contribution in [0, 0.1) is 5.82 Å². The Hall–Kier alpha value is -3.92. The average Bonchev–Trinajstić information content (AvgIpc) is 3.50. The minimum absolute atomic E-state index is 0.00828. The number of ether oxygens (including phenoxy) is 1. The molecule has 3 aromatic rings. The van der Waals surface area contributed by atoms with Crippen LogP contribution < -0.4 is 14.4 Å². The van der Waals surface area contributed by atoms with Crippen molar-refractivity contribution in [1.82, 2.24) is 10.2 Å². The molecule has 0 unspecified atom stereocenters. The number of para-hydroxylation sites is 1. The summed E-state index contributed by atoms with van der Waals surface area (Å²) in [6.07, 6.45) is 4.17. The van der Waals surface area contributed by atoms with Gasteiger partial charge in [0.25, 0.3) is 10.0 Å². The second-order valence-corrected chi connectivity index (χ2v) is 11.9. The first kappa shape index (κ1) is 30.0. The van der Waals surface area contributed by atoms with Crippen LogP contribution in [0.2, 0.25) is 0 Å². The van der Waals surface area contributed by atoms with Gasteiger partial charge in [0, 0.05) is 12.6 Å². The van der Waals surface area contributed by atoms with Crippen molar-refractivity contribution in [2.45, 2.75) is 62.6 Å². The average molecular weight is 582 g/mol. The van der Waals surface area contributed by atoms with Gasteiger partial charge in [0.2, 0.25) is 11.8 Å². The zero-order valence-electron chi connectivity index (χ0n) is 23.3. The lowest BCUT2D eigenvalue weighted by atomic mass is 10.1. The normalized spacial score (nSPS) is 14.3. The minimum atomic E-state index is -4.18. The first-order chi connectivity index (χ1) is 19.7. The second-order valence-electron chi connectivity index (χ2n) is 10.1. The van der Waals surface area contributed by atoms with Crippen LogP contribution in [-0.2, 0) is 26.2 Å². The van der Waals surface area contributed by atoms with E-state index in [1.54, 1.807) is 54.6 Å². The topological polar surface area (TPSA) is 96.0 Å². The maximum absolute atomic E-state index is 14.1. The van der Waals surface area contributed by atoms with Crippen molar-refractivity contribution >= 4 is 27.5 Å². The lowest BCUT2D eigenvalue weighted by Crippen LogP contribution is -2.53. The summed E-state index contributed by atoms with van der Waals surface area (Å²) in [7, 11) is -2.69. The van der Waals surface area contributed by atoms with Gasteiger partial charge in [-0.1, -0.05) is 50.1 Å². The zero-order valence-corrected chi connectivity index (χ0v) is 24.1. The largest absolute Gasteiger partial charge is 0.497 e. The van der Waals surface area contributed by atoms with Gasteiger partial charge >= 0.3 is 0 Å². The maximum Gasteiger partial charge on any atom is 0.264 e. The van der Waals surface area contributed by atoms with Crippen molar-refractivity contribution in [1.29, 1.82) is 0 Å². The van der Waals surface area contributed by atoms with Gasteiger partial charge in [0.15, 0.2) is 0 Å². The van der Waals surface area contributed by atoms with Gasteiger partial charge in [-0.3, -0.25) is 13.9 Å². The van der Waals surface area contributed by atoms with Gasteiger partial charge in [0.1, 0.15) is 24.2 Å². The van der Waals surface area contributed by atoms with E-state index in [0.717, 1.165) is 30.0 Å². The summed E-state index contributed by atoms with van der Waals surface area (Å²) < 4.78 is 47.6. The lowest BCUT2D eigenvalue weighted by molar-refractivity contribution is -0.140. The highest BCUT2D eigenvalue weighted by atomic mass is 32.2. The Morgan fingerprint density at radius 3 is 2.20 bits per heavy atom. The fourth-order valence-electron chi connectivity index (χ4n) is 5.07. The minimum Gasteiger partial charge on any atom is -0.497 e. The van der Waals surface area contributed by atoms with E-state index in [1.807, 2.05) is 6.92 Å². The third-order valence-corrected chi connectivity index (χ3v) is 9.11. The maximum atomic E-state index is 14.1. The predicted octanol–water partition coefficient (Wildman–Crippen LogP) is 4.90. The van der Waals surface area contributed by atoms with Crippen molar-refractivity contribution in [2.75, 3.05) is 18.0 Å². The van der Waals surface area contributed by atoms with Crippen LogP contribution >= 0.6 is 0 Å². The molecule has 3 aromatic carbocycles. The molecule has 0 bridgehead atoms. The molecule has 0 radical (unpaired) electrons. The van der Waals surface area contributed by atoms with Crippen molar-refractivity contribution < 1.29 is 27.1 Å². The molecule has 1 aliphatic rings. The Morgan fingerprint density at radius 2 is 1.61 bits per heavy atom. The third kappa shape index (κ3) is 7.43. The van der Waals surface area contributed by atoms with Crippen LogP contribution in [0.3, 0.4) is 0 Å². The Labute approximate surface area is 241 Å². The van der Waals surface area contributed by atoms with Gasteiger partial charge in [-0.2, -0.15) is 0 Å². The summed E-state index contributed by atoms with van der Waals surface area (Å²) in [5.41, 5.74) is 0.929. The molecule has 8 nitrogen and oxygen atoms in total. The monoisotopic (exact) mass is 581 g/mol. The van der Waals surface area contributed by atoms with E-state index in [0.29, 0.717) is 23.4 Å². The molecule has 1 atom stereocenters. The first-order valence-corrected chi connectivity index (χ1v) is 15.2. The highest BCUT2D eigenvalue weighted by molar-refractivity contribution is 7.92. The SMILES string of the molecule is CC[C@@H](C(=O)NC1CCCC1)N(Cc1ccc(F)cc1)C(=O)CN(c1ccccc1)S(=O)(=O)c1ccc(OC)cc1. The molecule has 1 saturated carbocycles. The first-order valence-electron chi connectivity index (χ1n) is 13.8. The molecule has 0 aliphatic heterocycles. The fraction of sp³-hybridized carbons (Fsp3) is 0.355. The molecular weight excluding hydrogens is 545 g/mol. The van der Waals surface area contributed by atoms with Crippen LogP contribution in [0.1, 0.15) is 44.6 Å². The summed E-state index contributed by atoms with van der Waals surface area (Å²) in [6.45, 7) is 1.29. The molecule has 1 N–H and O–H groups in total. The number of benzene rings is 3. The van der Waals surface area contributed by atoms with Crippen LogP contribution in [0.25, 0.3) is 0 Å². The van der Waals surface area contributed by atoms with Crippen LogP contribution in [-0.4, -0.2) is 50.9 Å². The predicted molar refractivity (Wildman–Crippen MR) is 155 cm³/mol. The number of methoxy groups -OCH3 is 1. The Morgan fingerprint density at radius 1 is 0.976 bits per heavy atom. The van der Waals surface area contributed by atoms with E-state index < -0.39 is 34.3 Å². The number of hydrogen-bond acceptors (Lipinski definition) is 5. The highest BCUT2D eigenvalue weighted by Gasteiger charge is 2.34. The van der Waals surface area contributed by atoms with E-state index in [1.165, 1.54) is 36.3 Å². The van der Waals surface area contributed by atoms with Gasteiger partial charge in [-0.15, -0.1) is 0 Å². The number of carbonyl (C=O) groups excluding carboxylic acids is 2. The Balaban J connectivity index is 1.68. The number of amides is 2. The van der Waals surface area contributed by atoms with Crippen LogP contribution in [0.4, 0.5) is 10.1 Å². The Bertz CT molecular complexity index is 1410. The number of carbonyl (C=O) groups is 2. The molecule has 218 valence electrons. The zero-order chi connectivity index (χ0) is 29.4. The number of anilines is 1. The van der Waals surface area contributed by atoms with Crippen LogP contribution in [0.5, 0.6) is 5.75 Å². The molecule has 4 rings (SSSR count). The van der Waals surface area contributed by atoms with E-state index >= 15 is 0 Å². The summed E-state index contributed by atoms with van der Waals surface area (Å²) in [6, 6.07) is 19.2. The van der Waals surface area contributed by atoms with Crippen molar-refractivity contribution in [3.63, 3.8) is 0 Å². The van der Waals surface area contributed by atoms with Gasteiger partial charge in [-0.05, 0) is 73.4 Å². The number of nitrogens with one attached hydrogen (secondary N) is 1. The number of hydrogen-bond donors (Lipinski definition) is 1. The molecule has 41 heavy (non-hydrogen) atoms. The Kier molecular flexibility index (Phi) is 9.99. The van der Waals surface area contributed by atoms with Crippen molar-refractivity contribution in [2.24, 2.45) is 0 Å². The van der Waals surface area contributed by atoms with Crippen LogP contribution in [0.15, 0.2) is 83.8 Å². The van der Waals surface area contributed by atoms with Crippen molar-refractivity contribution in [3.8, 4) is 5.75 Å². The molecule has 0 aromatic heterocycles. The molecule has 2 amide bonds. The summed E-state index contributed by atoms with van der Waals surface area (Å²) in [4.78, 5) is 28.9. The molecular formula is C31H36FN3O5S. The fourth-order valence-corrected chi connectivity index (χ4v) is 6.49. The number of nitrogens with zero attached hydrogens (tertiary/aromatic N) is 2. The molecule has 0 heterocycles. The van der Waals surface area contributed by atoms with Gasteiger partial charge in [-0.25, -0.2) is 12.8 Å². The van der Waals surface area contributed by atoms with Gasteiger partial charge < -0.3 is 15.0 Å². The van der Waals surface area contributed by atoms with Crippen molar-refractivity contribution in [3.05, 3.63) is 90.2 Å². The second kappa shape index (κ2) is 13.6. The summed E-state index contributed by atoms with van der Waals surface area (Å²) in [5, 5.41) is 3.08. The number of halogens is 1. The third-order valence-electron chi connectivity index (χ3n) is 7.32. The highest BCUT2D eigenvalue weighted by Crippen LogP contribution is 2.26. The lowest BCUT2D eigenvalue weighted by Gasteiger charge is -2.33. The van der Waals surface area contributed by atoms with E-state index in [2.05, 4.69) is 5.32 Å². The molecule has 0 spiro atoms. The molecule has 1 aliphatic carbocycles. The molecule has 10 heteroatoms. The van der Waals surface area contributed by atoms with E-state index in [-0.39, 0.29) is 23.4 Å². The standard InChI is InChI=1S/C31H36FN3O5S/c1-3-29(31(37)33-25-9-7-8-10-25)34(21-23-13-15-24(32)16-14-23)30(36)22-35(26-11-5-4-6-12-26)41(38,39)28-19-17-27(40-2)18-20-28/h4-6,11-20,25,29H,3,7-10,21-22H2,1-2H3,(H,33,37)/t29-/m0/s1. The molecule has 1 fully saturated rings. The van der Waals surface area contributed by atoms with Gasteiger partial charge in [0.05, 0.1) is 17.7 Å². The van der Waals surface area contributed by atoms with E-state index in [4.69, 9.17) is 4.74 Å². The quantitative estimate of drug-likeness (QED) is 0.329. The molecule has 0 saturated heterocycles. The summed E-state index contributed by atoms with van der Waals surface area (Å²) in [5.74, 6) is -0.753. The number of rotatable bonds is 12. The number of sulfonamides is 1. The smallest absolute Gasteiger partial charge is 0.264 e. The van der Waals surface area contributed by atoms with E-state index in [9.17, 15) is 22.4 Å².